The smallest absolute Gasteiger partial charge is 0.171 e. The van der Waals surface area contributed by atoms with Crippen LogP contribution in [0.3, 0.4) is 0 Å². The molecule has 4 aromatic rings. The van der Waals surface area contributed by atoms with E-state index in [1.807, 2.05) is 13.0 Å². The van der Waals surface area contributed by atoms with Gasteiger partial charge in [-0.1, -0.05) is 17.3 Å². The Morgan fingerprint density at radius 3 is 2.71 bits per heavy atom. The summed E-state index contributed by atoms with van der Waals surface area (Å²) in [6.07, 6.45) is -0.337. The van der Waals surface area contributed by atoms with Crippen molar-refractivity contribution in [1.29, 1.82) is 0 Å². The molecule has 4 N–H and O–H groups in total. The fourth-order valence-corrected chi connectivity index (χ4v) is 5.41. The van der Waals surface area contributed by atoms with Crippen molar-refractivity contribution >= 4 is 28.6 Å². The number of nitrogens with zero attached hydrogens (tertiary/aromatic N) is 4. The van der Waals surface area contributed by atoms with Crippen molar-refractivity contribution in [2.45, 2.75) is 51.1 Å². The van der Waals surface area contributed by atoms with Crippen molar-refractivity contribution in [3.05, 3.63) is 59.2 Å². The Bertz CT molecular complexity index is 1340. The molecule has 9 nitrogen and oxygen atoms in total. The quantitative estimate of drug-likeness (QED) is 0.380. The number of hydrogen-bond acceptors (Lipinski definition) is 9. The predicted octanol–water partition coefficient (Wildman–Crippen LogP) is 3.15. The minimum Gasteiger partial charge on any atom is -0.387 e. The summed E-state index contributed by atoms with van der Waals surface area (Å²) < 4.78 is 13.4. The molecule has 1 aliphatic heterocycles. The number of thioether (sulfide) groups is 1. The van der Waals surface area contributed by atoms with Crippen LogP contribution in [0, 0.1) is 20.8 Å². The number of ether oxygens (including phenoxy) is 1. The molecule has 1 saturated heterocycles. The highest BCUT2D eigenvalue weighted by Crippen LogP contribution is 2.36. The van der Waals surface area contributed by atoms with Crippen molar-refractivity contribution < 1.29 is 19.5 Å². The molecule has 0 bridgehead atoms. The summed E-state index contributed by atoms with van der Waals surface area (Å²) in [7, 11) is 0. The summed E-state index contributed by atoms with van der Waals surface area (Å²) in [5.74, 6) is 2.24. The molecule has 178 valence electrons. The van der Waals surface area contributed by atoms with Gasteiger partial charge in [-0.3, -0.25) is 0 Å². The topological polar surface area (TPSA) is 132 Å². The fourth-order valence-electron chi connectivity index (χ4n) is 4.24. The van der Waals surface area contributed by atoms with E-state index in [1.165, 1.54) is 17.5 Å². The molecule has 1 aromatic carbocycles. The van der Waals surface area contributed by atoms with Crippen molar-refractivity contribution in [3.8, 4) is 11.3 Å². The van der Waals surface area contributed by atoms with Crippen LogP contribution in [0.15, 0.2) is 41.3 Å². The van der Waals surface area contributed by atoms with Crippen LogP contribution in [-0.2, 0) is 10.5 Å². The lowest BCUT2D eigenvalue weighted by molar-refractivity contribution is -0.0285. The van der Waals surface area contributed by atoms with Crippen LogP contribution in [0.4, 0.5) is 5.82 Å². The van der Waals surface area contributed by atoms with Gasteiger partial charge in [0.05, 0.1) is 17.2 Å². The largest absolute Gasteiger partial charge is 0.387 e. The number of rotatable bonds is 6. The number of aryl methyl sites for hydroxylation is 3. The van der Waals surface area contributed by atoms with Crippen LogP contribution in [0.25, 0.3) is 22.4 Å². The molecule has 1 fully saturated rings. The Morgan fingerprint density at radius 1 is 1.09 bits per heavy atom. The monoisotopic (exact) mass is 481 g/mol. The number of nitrogens with two attached hydrogens (primary N) is 1. The molecule has 0 saturated carbocycles. The first-order valence-electron chi connectivity index (χ1n) is 11.0. The molecule has 4 atom stereocenters. The number of anilines is 1. The molecule has 10 heteroatoms. The van der Waals surface area contributed by atoms with E-state index in [0.717, 1.165) is 22.6 Å². The van der Waals surface area contributed by atoms with Gasteiger partial charge in [0.15, 0.2) is 12.0 Å². The first kappa shape index (κ1) is 22.9. The lowest BCUT2D eigenvalue weighted by atomic mass is 10.0. The molecule has 4 heterocycles. The minimum atomic E-state index is -1.10. The van der Waals surface area contributed by atoms with Crippen LogP contribution >= 0.6 is 11.8 Å². The number of nitrogen functional groups attached to an aromatic ring is 1. The van der Waals surface area contributed by atoms with E-state index in [-0.39, 0.29) is 0 Å². The van der Waals surface area contributed by atoms with Gasteiger partial charge >= 0.3 is 0 Å². The standard InChI is InChI=1S/C24H27N5O4S/c1-12-4-5-15(8-13(12)2)21-17(14(3)28-33-21)9-34-10-18-19(30)20(31)24(32-18)29-7-6-16-22(25)26-11-27-23(16)29/h4-8,11,18-20,24,30-31H,9-10H2,1-3H3,(H2,25,26,27)/t18-,19-,20-,24-/m1/s1. The molecule has 34 heavy (non-hydrogen) atoms. The average Bonchev–Trinajstić information content (AvgIpc) is 3.49. The maximum atomic E-state index is 10.7. The van der Waals surface area contributed by atoms with E-state index in [9.17, 15) is 10.2 Å². The Hall–Kier alpha value is -2.92. The molecule has 0 spiro atoms. The summed E-state index contributed by atoms with van der Waals surface area (Å²) in [5, 5.41) is 26.2. The Labute approximate surface area is 200 Å². The van der Waals surface area contributed by atoms with E-state index in [2.05, 4.69) is 41.1 Å². The lowest BCUT2D eigenvalue weighted by Crippen LogP contribution is -2.32. The second-order valence-corrected chi connectivity index (χ2v) is 9.69. The van der Waals surface area contributed by atoms with Crippen molar-refractivity contribution in [2.75, 3.05) is 11.5 Å². The number of aliphatic hydroxyl groups excluding tert-OH is 2. The molecule has 5 rings (SSSR count). The van der Waals surface area contributed by atoms with Crippen LogP contribution in [0.2, 0.25) is 0 Å². The lowest BCUT2D eigenvalue weighted by Gasteiger charge is -2.17. The molecule has 0 amide bonds. The normalized spacial score (nSPS) is 22.6. The van der Waals surface area contributed by atoms with Crippen molar-refractivity contribution in [3.63, 3.8) is 0 Å². The third-order valence-electron chi connectivity index (χ3n) is 6.43. The maximum absolute atomic E-state index is 10.7. The highest BCUT2D eigenvalue weighted by molar-refractivity contribution is 7.98. The highest BCUT2D eigenvalue weighted by Gasteiger charge is 2.44. The minimum absolute atomic E-state index is 0.354. The van der Waals surface area contributed by atoms with Gasteiger partial charge in [0.25, 0.3) is 0 Å². The van der Waals surface area contributed by atoms with Crippen LogP contribution in [0.5, 0.6) is 0 Å². The number of fused-ring (bicyclic) bond motifs is 1. The summed E-state index contributed by atoms with van der Waals surface area (Å²) in [5.41, 5.74) is 11.7. The summed E-state index contributed by atoms with van der Waals surface area (Å²) >= 11 is 1.60. The number of benzene rings is 1. The van der Waals surface area contributed by atoms with Crippen molar-refractivity contribution in [1.82, 2.24) is 19.7 Å². The highest BCUT2D eigenvalue weighted by atomic mass is 32.2. The molecule has 0 radical (unpaired) electrons. The second kappa shape index (κ2) is 9.03. The van der Waals surface area contributed by atoms with E-state index < -0.39 is 24.5 Å². The molecule has 1 aliphatic rings. The van der Waals surface area contributed by atoms with Crippen LogP contribution < -0.4 is 5.73 Å². The van der Waals surface area contributed by atoms with E-state index in [4.69, 9.17) is 15.0 Å². The first-order valence-corrected chi connectivity index (χ1v) is 12.2. The van der Waals surface area contributed by atoms with Gasteiger partial charge in [0.1, 0.15) is 30.0 Å². The van der Waals surface area contributed by atoms with E-state index in [0.29, 0.717) is 28.4 Å². The summed E-state index contributed by atoms with van der Waals surface area (Å²) in [6, 6.07) is 8.00. The predicted molar refractivity (Wildman–Crippen MR) is 130 cm³/mol. The summed E-state index contributed by atoms with van der Waals surface area (Å²) in [4.78, 5) is 8.25. The van der Waals surface area contributed by atoms with Gasteiger partial charge in [-0.2, -0.15) is 11.8 Å². The number of aromatic nitrogens is 4. The van der Waals surface area contributed by atoms with Crippen LogP contribution in [0.1, 0.15) is 28.6 Å². The van der Waals surface area contributed by atoms with Gasteiger partial charge in [-0.05, 0) is 44.0 Å². The Morgan fingerprint density at radius 2 is 1.91 bits per heavy atom. The molecular weight excluding hydrogens is 454 g/mol. The average molecular weight is 482 g/mol. The Kier molecular flexibility index (Phi) is 6.07. The van der Waals surface area contributed by atoms with Gasteiger partial charge in [-0.15, -0.1) is 0 Å². The van der Waals surface area contributed by atoms with Crippen molar-refractivity contribution in [2.24, 2.45) is 0 Å². The first-order chi connectivity index (χ1) is 16.3. The summed E-state index contributed by atoms with van der Waals surface area (Å²) in [6.45, 7) is 6.08. The van der Waals surface area contributed by atoms with Crippen LogP contribution in [-0.4, -0.2) is 54.0 Å². The molecular formula is C24H27N5O4S. The van der Waals surface area contributed by atoms with Gasteiger partial charge in [0, 0.05) is 28.8 Å². The molecule has 3 aromatic heterocycles. The zero-order valence-corrected chi connectivity index (χ0v) is 20.0. The third-order valence-corrected chi connectivity index (χ3v) is 7.49. The number of aliphatic hydroxyl groups is 2. The van der Waals surface area contributed by atoms with Gasteiger partial charge in [-0.25, -0.2) is 9.97 Å². The Balaban J connectivity index is 1.29. The zero-order valence-electron chi connectivity index (χ0n) is 19.2. The van der Waals surface area contributed by atoms with Gasteiger partial charge in [0.2, 0.25) is 0 Å². The zero-order chi connectivity index (χ0) is 24.0. The second-order valence-electron chi connectivity index (χ2n) is 8.66. The van der Waals surface area contributed by atoms with Gasteiger partial charge < -0.3 is 29.8 Å². The third kappa shape index (κ3) is 3.96. The molecule has 0 aliphatic carbocycles. The fraction of sp³-hybridized carbons (Fsp3) is 0.375. The van der Waals surface area contributed by atoms with E-state index in [1.54, 1.807) is 28.6 Å². The SMILES string of the molecule is Cc1ccc(-c2onc(C)c2CSC[C@H]2O[C@@H](n3ccc4c(N)ncnc43)[C@H](O)[C@@H]2O)cc1C. The number of hydrogen-bond donors (Lipinski definition) is 3. The van der Waals surface area contributed by atoms with E-state index >= 15 is 0 Å². The molecule has 0 unspecified atom stereocenters. The maximum Gasteiger partial charge on any atom is 0.171 e.